The summed E-state index contributed by atoms with van der Waals surface area (Å²) in [7, 11) is -3.69. The number of benzene rings is 2. The van der Waals surface area contributed by atoms with Gasteiger partial charge in [-0.1, -0.05) is 50.2 Å². The number of esters is 1. The van der Waals surface area contributed by atoms with E-state index < -0.39 is 27.9 Å². The standard InChI is InChI=1S/C23H30N2O5S/c1-5-25(6-2)31(28,29)20-14-10-13-19(15-20)23(27)24-21(16-22(26)30-17(3)4)18-11-8-7-9-12-18/h7-15,17,21H,5-6,16H2,1-4H3,(H,24,27). The summed E-state index contributed by atoms with van der Waals surface area (Å²) in [4.78, 5) is 25.2. The summed E-state index contributed by atoms with van der Waals surface area (Å²) in [5.41, 5.74) is 0.954. The van der Waals surface area contributed by atoms with Gasteiger partial charge in [0.1, 0.15) is 0 Å². The predicted octanol–water partition coefficient (Wildman–Crippen LogP) is 3.53. The third-order valence-corrected chi connectivity index (χ3v) is 6.73. The molecule has 0 aromatic heterocycles. The quantitative estimate of drug-likeness (QED) is 0.564. The molecule has 1 amide bonds. The molecule has 0 aliphatic rings. The van der Waals surface area contributed by atoms with Crippen molar-refractivity contribution in [2.24, 2.45) is 0 Å². The number of nitrogens with one attached hydrogen (secondary N) is 1. The number of ether oxygens (including phenoxy) is 1. The molecule has 7 nitrogen and oxygen atoms in total. The van der Waals surface area contributed by atoms with Gasteiger partial charge in [0, 0.05) is 18.7 Å². The lowest BCUT2D eigenvalue weighted by Gasteiger charge is -2.20. The Labute approximate surface area is 184 Å². The summed E-state index contributed by atoms with van der Waals surface area (Å²) in [5, 5.41) is 2.84. The van der Waals surface area contributed by atoms with Crippen LogP contribution < -0.4 is 5.32 Å². The smallest absolute Gasteiger partial charge is 0.308 e. The van der Waals surface area contributed by atoms with Gasteiger partial charge in [-0.15, -0.1) is 0 Å². The minimum Gasteiger partial charge on any atom is -0.463 e. The van der Waals surface area contributed by atoms with Crippen LogP contribution in [0.2, 0.25) is 0 Å². The van der Waals surface area contributed by atoms with Crippen molar-refractivity contribution in [3.63, 3.8) is 0 Å². The maximum atomic E-state index is 12.9. The fourth-order valence-corrected chi connectivity index (χ4v) is 4.67. The lowest BCUT2D eigenvalue weighted by atomic mass is 10.0. The minimum atomic E-state index is -3.69. The predicted molar refractivity (Wildman–Crippen MR) is 119 cm³/mol. The molecule has 0 bridgehead atoms. The van der Waals surface area contributed by atoms with Gasteiger partial charge < -0.3 is 10.1 Å². The first-order valence-corrected chi connectivity index (χ1v) is 11.8. The molecule has 0 saturated heterocycles. The van der Waals surface area contributed by atoms with Crippen molar-refractivity contribution in [1.82, 2.24) is 9.62 Å². The molecule has 0 aliphatic heterocycles. The molecule has 168 valence electrons. The second-order valence-corrected chi connectivity index (χ2v) is 9.23. The summed E-state index contributed by atoms with van der Waals surface area (Å²) in [6, 6.07) is 14.4. The van der Waals surface area contributed by atoms with Crippen molar-refractivity contribution in [3.05, 3.63) is 65.7 Å². The molecule has 1 atom stereocenters. The molecular formula is C23H30N2O5S. The summed E-state index contributed by atoms with van der Waals surface area (Å²) >= 11 is 0. The Bertz CT molecular complexity index is 986. The lowest BCUT2D eigenvalue weighted by molar-refractivity contribution is -0.147. The van der Waals surface area contributed by atoms with E-state index in [1.165, 1.54) is 22.5 Å². The second kappa shape index (κ2) is 11.1. The van der Waals surface area contributed by atoms with Crippen LogP contribution in [0.4, 0.5) is 0 Å². The van der Waals surface area contributed by atoms with E-state index >= 15 is 0 Å². The van der Waals surface area contributed by atoms with E-state index in [4.69, 9.17) is 4.74 Å². The van der Waals surface area contributed by atoms with Crippen LogP contribution in [0.5, 0.6) is 0 Å². The van der Waals surface area contributed by atoms with Crippen molar-refractivity contribution >= 4 is 21.9 Å². The summed E-state index contributed by atoms with van der Waals surface area (Å²) in [6.45, 7) is 7.72. The molecule has 0 radical (unpaired) electrons. The number of carbonyl (C=O) groups excluding carboxylic acids is 2. The number of hydrogen-bond donors (Lipinski definition) is 1. The first-order valence-electron chi connectivity index (χ1n) is 10.3. The fourth-order valence-electron chi connectivity index (χ4n) is 3.17. The van der Waals surface area contributed by atoms with Crippen LogP contribution in [-0.2, 0) is 19.6 Å². The third kappa shape index (κ3) is 6.63. The van der Waals surface area contributed by atoms with Gasteiger partial charge in [-0.05, 0) is 37.6 Å². The zero-order valence-electron chi connectivity index (χ0n) is 18.4. The van der Waals surface area contributed by atoms with Crippen molar-refractivity contribution in [2.75, 3.05) is 13.1 Å². The van der Waals surface area contributed by atoms with Gasteiger partial charge in [0.25, 0.3) is 5.91 Å². The van der Waals surface area contributed by atoms with Crippen LogP contribution in [0, 0.1) is 0 Å². The molecule has 1 unspecified atom stereocenters. The van der Waals surface area contributed by atoms with Crippen molar-refractivity contribution in [3.8, 4) is 0 Å². The first-order chi connectivity index (χ1) is 14.7. The van der Waals surface area contributed by atoms with Crippen LogP contribution in [0.15, 0.2) is 59.5 Å². The van der Waals surface area contributed by atoms with Gasteiger partial charge in [0.05, 0.1) is 23.5 Å². The van der Waals surface area contributed by atoms with Gasteiger partial charge in [0.2, 0.25) is 10.0 Å². The van der Waals surface area contributed by atoms with E-state index in [1.54, 1.807) is 33.8 Å². The van der Waals surface area contributed by atoms with Crippen LogP contribution >= 0.6 is 0 Å². The van der Waals surface area contributed by atoms with Crippen molar-refractivity contribution in [2.45, 2.75) is 51.2 Å². The average Bonchev–Trinajstić information content (AvgIpc) is 2.74. The molecule has 0 saturated carbocycles. The Morgan fingerprint density at radius 3 is 2.23 bits per heavy atom. The summed E-state index contributed by atoms with van der Waals surface area (Å²) in [6.07, 6.45) is -0.299. The minimum absolute atomic E-state index is 0.0363. The van der Waals surface area contributed by atoms with E-state index in [9.17, 15) is 18.0 Å². The van der Waals surface area contributed by atoms with Gasteiger partial charge in [0.15, 0.2) is 0 Å². The van der Waals surface area contributed by atoms with Crippen molar-refractivity contribution < 1.29 is 22.7 Å². The topological polar surface area (TPSA) is 92.8 Å². The molecule has 0 fully saturated rings. The van der Waals surface area contributed by atoms with E-state index in [0.29, 0.717) is 13.1 Å². The SMILES string of the molecule is CCN(CC)S(=O)(=O)c1cccc(C(=O)NC(CC(=O)OC(C)C)c2ccccc2)c1. The third-order valence-electron chi connectivity index (χ3n) is 4.68. The zero-order chi connectivity index (χ0) is 23.0. The van der Waals surface area contributed by atoms with Crippen LogP contribution in [0.25, 0.3) is 0 Å². The molecule has 0 heterocycles. The Balaban J connectivity index is 2.28. The Kier molecular flexibility index (Phi) is 8.76. The molecule has 2 aromatic rings. The van der Waals surface area contributed by atoms with Gasteiger partial charge in [-0.2, -0.15) is 4.31 Å². The molecule has 0 aliphatic carbocycles. The van der Waals surface area contributed by atoms with Crippen LogP contribution in [-0.4, -0.2) is 43.8 Å². The summed E-state index contributed by atoms with van der Waals surface area (Å²) < 4.78 is 32.1. The molecule has 0 spiro atoms. The highest BCUT2D eigenvalue weighted by Crippen LogP contribution is 2.21. The van der Waals surface area contributed by atoms with Gasteiger partial charge in [-0.25, -0.2) is 8.42 Å². The molecule has 1 N–H and O–H groups in total. The fraction of sp³-hybridized carbons (Fsp3) is 0.391. The maximum absolute atomic E-state index is 12.9. The van der Waals surface area contributed by atoms with E-state index in [2.05, 4.69) is 5.32 Å². The highest BCUT2D eigenvalue weighted by molar-refractivity contribution is 7.89. The monoisotopic (exact) mass is 446 g/mol. The average molecular weight is 447 g/mol. The van der Waals surface area contributed by atoms with Gasteiger partial charge in [-0.3, -0.25) is 9.59 Å². The second-order valence-electron chi connectivity index (χ2n) is 7.30. The normalized spacial score (nSPS) is 12.6. The van der Waals surface area contributed by atoms with E-state index in [0.717, 1.165) is 5.56 Å². The van der Waals surface area contributed by atoms with E-state index in [1.807, 2.05) is 30.3 Å². The molecule has 8 heteroatoms. The molecular weight excluding hydrogens is 416 g/mol. The van der Waals surface area contributed by atoms with E-state index in [-0.39, 0.29) is 23.0 Å². The molecule has 2 aromatic carbocycles. The first kappa shape index (κ1) is 24.6. The number of amides is 1. The number of nitrogens with zero attached hydrogens (tertiary/aromatic N) is 1. The summed E-state index contributed by atoms with van der Waals surface area (Å²) in [5.74, 6) is -0.898. The highest BCUT2D eigenvalue weighted by Gasteiger charge is 2.24. The number of carbonyl (C=O) groups is 2. The lowest BCUT2D eigenvalue weighted by Crippen LogP contribution is -2.32. The Hall–Kier alpha value is -2.71. The number of sulfonamides is 1. The highest BCUT2D eigenvalue weighted by atomic mass is 32.2. The largest absolute Gasteiger partial charge is 0.463 e. The zero-order valence-corrected chi connectivity index (χ0v) is 19.2. The van der Waals surface area contributed by atoms with Crippen molar-refractivity contribution in [1.29, 1.82) is 0 Å². The molecule has 31 heavy (non-hydrogen) atoms. The molecule has 2 rings (SSSR count). The van der Waals surface area contributed by atoms with Gasteiger partial charge >= 0.3 is 5.97 Å². The number of hydrogen-bond acceptors (Lipinski definition) is 5. The van der Waals surface area contributed by atoms with Crippen LogP contribution in [0.1, 0.15) is 56.1 Å². The maximum Gasteiger partial charge on any atom is 0.308 e. The Morgan fingerprint density at radius 2 is 1.65 bits per heavy atom. The Morgan fingerprint density at radius 1 is 1.00 bits per heavy atom. The number of rotatable bonds is 10. The van der Waals surface area contributed by atoms with Crippen LogP contribution in [0.3, 0.4) is 0 Å².